The summed E-state index contributed by atoms with van der Waals surface area (Å²) in [6.45, 7) is 0.152. The van der Waals surface area contributed by atoms with Crippen LogP contribution in [-0.2, 0) is 6.54 Å². The van der Waals surface area contributed by atoms with E-state index in [1.54, 1.807) is 24.3 Å². The Kier molecular flexibility index (Phi) is 4.11. The zero-order chi connectivity index (χ0) is 17.3. The van der Waals surface area contributed by atoms with Crippen LogP contribution in [0.15, 0.2) is 41.2 Å². The maximum atomic E-state index is 13.5. The highest BCUT2D eigenvalue weighted by Gasteiger charge is 2.18. The molecule has 0 bridgehead atoms. The Morgan fingerprint density at radius 2 is 1.83 bits per heavy atom. The van der Waals surface area contributed by atoms with Crippen LogP contribution in [0.3, 0.4) is 0 Å². The SMILES string of the molecule is O=C(NCCn1c(=O)[nH]c2ccccc21)c1ccc(F)c(F)c1F. The molecule has 0 aliphatic carbocycles. The van der Waals surface area contributed by atoms with Crippen LogP contribution in [0, 0.1) is 17.5 Å². The molecule has 0 unspecified atom stereocenters. The Bertz CT molecular complexity index is 978. The molecule has 0 spiro atoms. The van der Waals surface area contributed by atoms with E-state index in [-0.39, 0.29) is 18.8 Å². The number of para-hydroxylation sites is 2. The quantitative estimate of drug-likeness (QED) is 0.718. The first-order chi connectivity index (χ1) is 11.5. The molecule has 1 amide bonds. The summed E-state index contributed by atoms with van der Waals surface area (Å²) < 4.78 is 41.0. The van der Waals surface area contributed by atoms with Crippen molar-refractivity contribution in [1.82, 2.24) is 14.9 Å². The number of aromatic amines is 1. The second-order valence-corrected chi connectivity index (χ2v) is 5.08. The number of carbonyl (C=O) groups is 1. The van der Waals surface area contributed by atoms with E-state index in [0.29, 0.717) is 17.1 Å². The molecule has 0 atom stereocenters. The number of nitrogens with one attached hydrogen (secondary N) is 2. The van der Waals surface area contributed by atoms with Crippen molar-refractivity contribution in [2.45, 2.75) is 6.54 Å². The summed E-state index contributed by atoms with van der Waals surface area (Å²) in [5.41, 5.74) is 0.376. The topological polar surface area (TPSA) is 66.9 Å². The standard InChI is InChI=1S/C16H12F3N3O2/c17-10-6-5-9(13(18)14(10)19)15(23)20-7-8-22-12-4-2-1-3-11(12)21-16(22)24/h1-6H,7-8H2,(H,20,23)(H,21,24). The Morgan fingerprint density at radius 3 is 2.62 bits per heavy atom. The Labute approximate surface area is 133 Å². The van der Waals surface area contributed by atoms with Gasteiger partial charge in [0.1, 0.15) is 0 Å². The number of fused-ring (bicyclic) bond motifs is 1. The van der Waals surface area contributed by atoms with Gasteiger partial charge in [-0.25, -0.2) is 18.0 Å². The van der Waals surface area contributed by atoms with Gasteiger partial charge in [0.05, 0.1) is 16.6 Å². The lowest BCUT2D eigenvalue weighted by molar-refractivity contribution is 0.0947. The number of hydrogen-bond donors (Lipinski definition) is 2. The number of benzene rings is 2. The molecule has 2 aromatic carbocycles. The van der Waals surface area contributed by atoms with E-state index in [4.69, 9.17) is 0 Å². The zero-order valence-electron chi connectivity index (χ0n) is 12.3. The fraction of sp³-hybridized carbons (Fsp3) is 0.125. The monoisotopic (exact) mass is 335 g/mol. The lowest BCUT2D eigenvalue weighted by Gasteiger charge is -2.08. The van der Waals surface area contributed by atoms with Crippen LogP contribution in [-0.4, -0.2) is 22.0 Å². The van der Waals surface area contributed by atoms with Crippen LogP contribution in [0.2, 0.25) is 0 Å². The average Bonchev–Trinajstić information content (AvgIpc) is 2.88. The summed E-state index contributed by atoms with van der Waals surface area (Å²) in [7, 11) is 0. The number of amides is 1. The summed E-state index contributed by atoms with van der Waals surface area (Å²) in [5, 5.41) is 2.38. The number of H-pyrrole nitrogens is 1. The number of imidazole rings is 1. The summed E-state index contributed by atoms with van der Waals surface area (Å²) >= 11 is 0. The van der Waals surface area contributed by atoms with E-state index in [1.807, 2.05) is 0 Å². The van der Waals surface area contributed by atoms with Crippen molar-refractivity contribution in [1.29, 1.82) is 0 Å². The normalized spacial score (nSPS) is 11.0. The second-order valence-electron chi connectivity index (χ2n) is 5.08. The number of carbonyl (C=O) groups excluding carboxylic acids is 1. The second kappa shape index (κ2) is 6.23. The van der Waals surface area contributed by atoms with Crippen molar-refractivity contribution in [2.75, 3.05) is 6.54 Å². The minimum Gasteiger partial charge on any atom is -0.350 e. The third-order valence-electron chi connectivity index (χ3n) is 3.58. The van der Waals surface area contributed by atoms with E-state index in [9.17, 15) is 22.8 Å². The molecule has 1 aromatic heterocycles. The Balaban J connectivity index is 1.72. The van der Waals surface area contributed by atoms with Crippen LogP contribution >= 0.6 is 0 Å². The molecule has 1 heterocycles. The van der Waals surface area contributed by atoms with Crippen molar-refractivity contribution in [3.8, 4) is 0 Å². The van der Waals surface area contributed by atoms with E-state index in [1.165, 1.54) is 4.57 Å². The zero-order valence-corrected chi connectivity index (χ0v) is 12.3. The van der Waals surface area contributed by atoms with Crippen LogP contribution in [0.25, 0.3) is 11.0 Å². The van der Waals surface area contributed by atoms with Gasteiger partial charge in [0.15, 0.2) is 17.5 Å². The molecule has 0 aliphatic heterocycles. The van der Waals surface area contributed by atoms with Crippen molar-refractivity contribution in [3.63, 3.8) is 0 Å². The summed E-state index contributed by atoms with van der Waals surface area (Å²) in [4.78, 5) is 26.4. The predicted molar refractivity (Wildman–Crippen MR) is 81.2 cm³/mol. The van der Waals surface area contributed by atoms with Gasteiger partial charge < -0.3 is 10.3 Å². The molecule has 0 saturated carbocycles. The lowest BCUT2D eigenvalue weighted by Crippen LogP contribution is -2.30. The molecule has 3 rings (SSSR count). The molecule has 3 aromatic rings. The van der Waals surface area contributed by atoms with Crippen LogP contribution in [0.4, 0.5) is 13.2 Å². The summed E-state index contributed by atoms with van der Waals surface area (Å²) in [6.07, 6.45) is 0. The maximum Gasteiger partial charge on any atom is 0.326 e. The largest absolute Gasteiger partial charge is 0.350 e. The molecule has 0 fully saturated rings. The van der Waals surface area contributed by atoms with Crippen molar-refractivity contribution < 1.29 is 18.0 Å². The van der Waals surface area contributed by atoms with Gasteiger partial charge in [-0.1, -0.05) is 12.1 Å². The Hall–Kier alpha value is -3.03. The maximum absolute atomic E-state index is 13.5. The highest BCUT2D eigenvalue weighted by molar-refractivity contribution is 5.94. The van der Waals surface area contributed by atoms with Gasteiger partial charge in [0.25, 0.3) is 5.91 Å². The fourth-order valence-corrected chi connectivity index (χ4v) is 2.41. The van der Waals surface area contributed by atoms with Crippen LogP contribution < -0.4 is 11.0 Å². The molecule has 2 N–H and O–H groups in total. The molecule has 0 saturated heterocycles. The molecule has 5 nitrogen and oxygen atoms in total. The van der Waals surface area contributed by atoms with Gasteiger partial charge in [0.2, 0.25) is 0 Å². The number of aromatic nitrogens is 2. The number of hydrogen-bond acceptors (Lipinski definition) is 2. The first-order valence-electron chi connectivity index (χ1n) is 7.08. The summed E-state index contributed by atoms with van der Waals surface area (Å²) in [5.74, 6) is -5.50. The lowest BCUT2D eigenvalue weighted by atomic mass is 10.2. The minimum atomic E-state index is -1.70. The van der Waals surface area contributed by atoms with Gasteiger partial charge in [-0.15, -0.1) is 0 Å². The molecule has 0 aliphatic rings. The first kappa shape index (κ1) is 15.9. The third-order valence-corrected chi connectivity index (χ3v) is 3.58. The number of rotatable bonds is 4. The van der Waals surface area contributed by atoms with Crippen molar-refractivity contribution in [2.24, 2.45) is 0 Å². The molecule has 8 heteroatoms. The van der Waals surface area contributed by atoms with Crippen LogP contribution in [0.5, 0.6) is 0 Å². The molecule has 0 radical (unpaired) electrons. The molecule has 24 heavy (non-hydrogen) atoms. The van der Waals surface area contributed by atoms with E-state index >= 15 is 0 Å². The highest BCUT2D eigenvalue weighted by Crippen LogP contribution is 2.15. The van der Waals surface area contributed by atoms with E-state index in [2.05, 4.69) is 10.3 Å². The average molecular weight is 335 g/mol. The molecular weight excluding hydrogens is 323 g/mol. The van der Waals surface area contributed by atoms with Gasteiger partial charge in [0, 0.05) is 13.1 Å². The smallest absolute Gasteiger partial charge is 0.326 e. The fourth-order valence-electron chi connectivity index (χ4n) is 2.41. The van der Waals surface area contributed by atoms with E-state index in [0.717, 1.165) is 6.07 Å². The van der Waals surface area contributed by atoms with Crippen LogP contribution in [0.1, 0.15) is 10.4 Å². The van der Waals surface area contributed by atoms with Gasteiger partial charge in [-0.2, -0.15) is 0 Å². The highest BCUT2D eigenvalue weighted by atomic mass is 19.2. The van der Waals surface area contributed by atoms with Crippen molar-refractivity contribution >= 4 is 16.9 Å². The minimum absolute atomic E-state index is 0.0129. The van der Waals surface area contributed by atoms with Gasteiger partial charge in [-0.3, -0.25) is 9.36 Å². The summed E-state index contributed by atoms with van der Waals surface area (Å²) in [6, 6.07) is 8.56. The predicted octanol–water partition coefficient (Wildman–Crippen LogP) is 2.18. The van der Waals surface area contributed by atoms with Crippen molar-refractivity contribution in [3.05, 3.63) is 69.9 Å². The Morgan fingerprint density at radius 1 is 1.08 bits per heavy atom. The first-order valence-corrected chi connectivity index (χ1v) is 7.08. The molecule has 124 valence electrons. The third kappa shape index (κ3) is 2.78. The number of halogens is 3. The number of nitrogens with zero attached hydrogens (tertiary/aromatic N) is 1. The van der Waals surface area contributed by atoms with Gasteiger partial charge >= 0.3 is 5.69 Å². The van der Waals surface area contributed by atoms with E-state index < -0.39 is 28.9 Å². The van der Waals surface area contributed by atoms with Gasteiger partial charge in [-0.05, 0) is 24.3 Å². The molecular formula is C16H12F3N3O2.